The fourth-order valence-corrected chi connectivity index (χ4v) is 2.69. The molecule has 1 N–H and O–H groups in total. The van der Waals surface area contributed by atoms with E-state index >= 15 is 0 Å². The van der Waals surface area contributed by atoms with Crippen molar-refractivity contribution in [1.29, 1.82) is 0 Å². The van der Waals surface area contributed by atoms with Crippen LogP contribution in [0.3, 0.4) is 0 Å². The number of pyridine rings is 2. The lowest BCUT2D eigenvalue weighted by Gasteiger charge is -2.16. The fourth-order valence-electron chi connectivity index (χ4n) is 2.69. The van der Waals surface area contributed by atoms with E-state index in [-0.39, 0.29) is 0 Å². The predicted octanol–water partition coefficient (Wildman–Crippen LogP) is 2.41. The number of aromatic nitrogens is 2. The smallest absolute Gasteiger partial charge is 0.125 e. The number of hydrogen-bond acceptors (Lipinski definition) is 4. The van der Waals surface area contributed by atoms with Gasteiger partial charge in [-0.3, -0.25) is 9.88 Å². The summed E-state index contributed by atoms with van der Waals surface area (Å²) in [5, 5.41) is 3.42. The maximum absolute atomic E-state index is 4.29. The highest BCUT2D eigenvalue weighted by Crippen LogP contribution is 2.18. The first-order chi connectivity index (χ1) is 9.90. The van der Waals surface area contributed by atoms with Crippen molar-refractivity contribution in [2.45, 2.75) is 13.0 Å². The van der Waals surface area contributed by atoms with Gasteiger partial charge in [0.1, 0.15) is 5.82 Å². The predicted molar refractivity (Wildman–Crippen MR) is 80.3 cm³/mol. The lowest BCUT2D eigenvalue weighted by atomic mass is 10.1. The molecule has 0 bridgehead atoms. The average molecular weight is 268 g/mol. The van der Waals surface area contributed by atoms with Gasteiger partial charge in [-0.25, -0.2) is 4.98 Å². The summed E-state index contributed by atoms with van der Waals surface area (Å²) in [7, 11) is 0. The Hall–Kier alpha value is -1.94. The molecule has 0 amide bonds. The van der Waals surface area contributed by atoms with Crippen LogP contribution in [-0.2, 0) is 6.54 Å². The Balaban J connectivity index is 1.45. The maximum atomic E-state index is 4.29. The molecule has 104 valence electrons. The van der Waals surface area contributed by atoms with E-state index in [1.54, 1.807) is 0 Å². The normalized spacial score (nSPS) is 19.1. The molecule has 2 aromatic rings. The van der Waals surface area contributed by atoms with Gasteiger partial charge in [-0.05, 0) is 42.6 Å². The lowest BCUT2D eigenvalue weighted by Crippen LogP contribution is -2.22. The second kappa shape index (κ2) is 6.48. The molecule has 4 nitrogen and oxygen atoms in total. The zero-order valence-electron chi connectivity index (χ0n) is 11.6. The highest BCUT2D eigenvalue weighted by Gasteiger charge is 2.22. The largest absolute Gasteiger partial charge is 0.370 e. The number of rotatable bonds is 5. The molecule has 1 saturated heterocycles. The summed E-state index contributed by atoms with van der Waals surface area (Å²) in [6.07, 6.45) is 6.86. The van der Waals surface area contributed by atoms with Crippen LogP contribution >= 0.6 is 0 Å². The van der Waals surface area contributed by atoms with E-state index in [1.165, 1.54) is 18.5 Å². The second-order valence-electron chi connectivity index (χ2n) is 5.35. The minimum absolute atomic E-state index is 0.702. The van der Waals surface area contributed by atoms with Crippen LogP contribution in [0, 0.1) is 5.92 Å². The molecule has 3 heterocycles. The third kappa shape index (κ3) is 3.54. The van der Waals surface area contributed by atoms with Crippen LogP contribution in [0.5, 0.6) is 0 Å². The molecule has 4 heteroatoms. The zero-order valence-corrected chi connectivity index (χ0v) is 11.6. The quantitative estimate of drug-likeness (QED) is 0.904. The molecule has 1 atom stereocenters. The second-order valence-corrected chi connectivity index (χ2v) is 5.35. The number of nitrogens with one attached hydrogen (secondary N) is 1. The Labute approximate surface area is 119 Å². The number of likely N-dealkylation sites (tertiary alicyclic amines) is 1. The summed E-state index contributed by atoms with van der Waals surface area (Å²) in [6.45, 7) is 4.33. The monoisotopic (exact) mass is 268 g/mol. The SMILES string of the molecule is c1ccc(NC[C@H]2CCN(Cc3cccnc3)C2)nc1. The third-order valence-corrected chi connectivity index (χ3v) is 3.74. The van der Waals surface area contributed by atoms with E-state index in [9.17, 15) is 0 Å². The Morgan fingerprint density at radius 2 is 2.20 bits per heavy atom. The van der Waals surface area contributed by atoms with Crippen LogP contribution < -0.4 is 5.32 Å². The lowest BCUT2D eigenvalue weighted by molar-refractivity contribution is 0.318. The third-order valence-electron chi connectivity index (χ3n) is 3.74. The maximum Gasteiger partial charge on any atom is 0.125 e. The molecular weight excluding hydrogens is 248 g/mol. The average Bonchev–Trinajstić information content (AvgIpc) is 2.95. The summed E-state index contributed by atoms with van der Waals surface area (Å²) >= 11 is 0. The highest BCUT2D eigenvalue weighted by molar-refractivity contribution is 5.33. The number of anilines is 1. The molecule has 0 spiro atoms. The van der Waals surface area contributed by atoms with Gasteiger partial charge in [-0.15, -0.1) is 0 Å². The van der Waals surface area contributed by atoms with Crippen molar-refractivity contribution in [2.75, 3.05) is 25.0 Å². The van der Waals surface area contributed by atoms with E-state index in [2.05, 4.69) is 26.3 Å². The first-order valence-corrected chi connectivity index (χ1v) is 7.16. The molecule has 0 saturated carbocycles. The summed E-state index contributed by atoms with van der Waals surface area (Å²) in [4.78, 5) is 11.0. The van der Waals surface area contributed by atoms with Crippen molar-refractivity contribution in [3.8, 4) is 0 Å². The fraction of sp³-hybridized carbons (Fsp3) is 0.375. The Morgan fingerprint density at radius 3 is 3.00 bits per heavy atom. The molecule has 1 fully saturated rings. The highest BCUT2D eigenvalue weighted by atomic mass is 15.2. The molecule has 0 aromatic carbocycles. The van der Waals surface area contributed by atoms with Crippen molar-refractivity contribution in [3.05, 3.63) is 54.5 Å². The van der Waals surface area contributed by atoms with Crippen LogP contribution in [-0.4, -0.2) is 34.5 Å². The van der Waals surface area contributed by atoms with Gasteiger partial charge in [0.05, 0.1) is 0 Å². The molecular formula is C16H20N4. The van der Waals surface area contributed by atoms with E-state index < -0.39 is 0 Å². The van der Waals surface area contributed by atoms with Gasteiger partial charge in [-0.2, -0.15) is 0 Å². The molecule has 0 unspecified atom stereocenters. The van der Waals surface area contributed by atoms with Crippen LogP contribution in [0.25, 0.3) is 0 Å². The molecule has 2 aromatic heterocycles. The Bertz CT molecular complexity index is 515. The van der Waals surface area contributed by atoms with Crippen molar-refractivity contribution in [3.63, 3.8) is 0 Å². The standard InChI is InChI=1S/C16H20N4/c1-2-8-18-16(5-1)19-11-15-6-9-20(13-15)12-14-4-3-7-17-10-14/h1-5,7-8,10,15H,6,9,11-13H2,(H,18,19)/t15-/m1/s1. The first-order valence-electron chi connectivity index (χ1n) is 7.16. The molecule has 3 rings (SSSR count). The first kappa shape index (κ1) is 13.1. The summed E-state index contributed by atoms with van der Waals surface area (Å²) in [5.74, 6) is 1.67. The Kier molecular flexibility index (Phi) is 4.23. The molecule has 0 radical (unpaired) electrons. The number of hydrogen-bond donors (Lipinski definition) is 1. The van der Waals surface area contributed by atoms with Gasteiger partial charge in [0.2, 0.25) is 0 Å². The minimum atomic E-state index is 0.702. The van der Waals surface area contributed by atoms with E-state index in [4.69, 9.17) is 0 Å². The van der Waals surface area contributed by atoms with Crippen molar-refractivity contribution >= 4 is 5.82 Å². The van der Waals surface area contributed by atoms with Gasteiger partial charge >= 0.3 is 0 Å². The summed E-state index contributed by atoms with van der Waals surface area (Å²) in [5.41, 5.74) is 1.30. The van der Waals surface area contributed by atoms with Gasteiger partial charge < -0.3 is 5.32 Å². The van der Waals surface area contributed by atoms with Gasteiger partial charge in [0, 0.05) is 38.2 Å². The topological polar surface area (TPSA) is 41.0 Å². The number of nitrogens with zero attached hydrogens (tertiary/aromatic N) is 3. The van der Waals surface area contributed by atoms with E-state index in [1.807, 2.05) is 42.9 Å². The van der Waals surface area contributed by atoms with Gasteiger partial charge in [-0.1, -0.05) is 12.1 Å². The summed E-state index contributed by atoms with van der Waals surface area (Å²) in [6, 6.07) is 10.1. The van der Waals surface area contributed by atoms with Crippen molar-refractivity contribution in [1.82, 2.24) is 14.9 Å². The van der Waals surface area contributed by atoms with Gasteiger partial charge in [0.15, 0.2) is 0 Å². The molecule has 1 aliphatic heterocycles. The van der Waals surface area contributed by atoms with E-state index in [0.29, 0.717) is 5.92 Å². The van der Waals surface area contributed by atoms with Crippen molar-refractivity contribution < 1.29 is 0 Å². The van der Waals surface area contributed by atoms with Crippen LogP contribution in [0.2, 0.25) is 0 Å². The van der Waals surface area contributed by atoms with Gasteiger partial charge in [0.25, 0.3) is 0 Å². The molecule has 20 heavy (non-hydrogen) atoms. The van der Waals surface area contributed by atoms with Crippen LogP contribution in [0.15, 0.2) is 48.9 Å². The van der Waals surface area contributed by atoms with Crippen molar-refractivity contribution in [2.24, 2.45) is 5.92 Å². The Morgan fingerprint density at radius 1 is 1.20 bits per heavy atom. The molecule has 0 aliphatic carbocycles. The van der Waals surface area contributed by atoms with E-state index in [0.717, 1.165) is 25.5 Å². The summed E-state index contributed by atoms with van der Waals surface area (Å²) < 4.78 is 0. The zero-order chi connectivity index (χ0) is 13.6. The molecule has 1 aliphatic rings. The van der Waals surface area contributed by atoms with Crippen LogP contribution in [0.1, 0.15) is 12.0 Å². The minimum Gasteiger partial charge on any atom is -0.370 e. The van der Waals surface area contributed by atoms with Crippen LogP contribution in [0.4, 0.5) is 5.82 Å².